The van der Waals surface area contributed by atoms with Crippen molar-refractivity contribution in [3.05, 3.63) is 65.3 Å². The summed E-state index contributed by atoms with van der Waals surface area (Å²) in [4.78, 5) is 25.8. The lowest BCUT2D eigenvalue weighted by molar-refractivity contribution is -0.139. The molecule has 1 aliphatic rings. The number of nitrogens with zero attached hydrogens (tertiary/aromatic N) is 1. The van der Waals surface area contributed by atoms with Crippen LogP contribution in [0.1, 0.15) is 11.9 Å². The second kappa shape index (κ2) is 9.11. The minimum Gasteiger partial charge on any atom is -0.465 e. The summed E-state index contributed by atoms with van der Waals surface area (Å²) >= 11 is 0. The Hall–Kier alpha value is -2.97. The van der Waals surface area contributed by atoms with Crippen molar-refractivity contribution in [2.24, 2.45) is 0 Å². The van der Waals surface area contributed by atoms with Gasteiger partial charge in [0.1, 0.15) is 11.5 Å². The first-order chi connectivity index (χ1) is 13.0. The van der Waals surface area contributed by atoms with Crippen molar-refractivity contribution in [1.29, 1.82) is 0 Å². The average molecular weight is 377 g/mol. The molecule has 0 spiro atoms. The molecule has 0 saturated heterocycles. The molecule has 0 aromatic heterocycles. The first-order valence-corrected chi connectivity index (χ1v) is 7.88. The Balaban J connectivity index is 2.59. The van der Waals surface area contributed by atoms with Crippen LogP contribution in [0.25, 0.3) is 0 Å². The van der Waals surface area contributed by atoms with Gasteiger partial charge in [-0.15, -0.1) is 0 Å². The number of hydrogen-bond acceptors (Lipinski definition) is 7. The molecule has 0 fully saturated rings. The van der Waals surface area contributed by atoms with E-state index in [1.54, 1.807) is 18.2 Å². The Morgan fingerprint density at radius 1 is 1.00 bits per heavy atom. The van der Waals surface area contributed by atoms with Crippen LogP contribution in [0.15, 0.2) is 53.9 Å². The molecule has 2 rings (SSSR count). The topological polar surface area (TPSA) is 74.3 Å². The Morgan fingerprint density at radius 3 is 2.22 bits per heavy atom. The molecule has 0 amide bonds. The van der Waals surface area contributed by atoms with E-state index in [4.69, 9.17) is 18.9 Å². The van der Waals surface area contributed by atoms with Crippen molar-refractivity contribution >= 4 is 17.6 Å². The number of benzene rings is 1. The van der Waals surface area contributed by atoms with E-state index in [-0.39, 0.29) is 16.8 Å². The summed E-state index contributed by atoms with van der Waals surface area (Å²) in [7, 11) is 5.17. The summed E-state index contributed by atoms with van der Waals surface area (Å²) in [5.41, 5.74) is 0.364. The number of rotatable bonds is 6. The molecule has 0 bridgehead atoms. The van der Waals surface area contributed by atoms with Crippen molar-refractivity contribution in [3.8, 4) is 0 Å². The lowest BCUT2D eigenvalue weighted by Gasteiger charge is -2.24. The second-order valence-electron chi connectivity index (χ2n) is 5.33. The molecule has 0 unspecified atom stereocenters. The highest BCUT2D eigenvalue weighted by atomic mass is 19.1. The van der Waals surface area contributed by atoms with Gasteiger partial charge in [0, 0.05) is 31.7 Å². The zero-order chi connectivity index (χ0) is 20.0. The van der Waals surface area contributed by atoms with Crippen molar-refractivity contribution in [2.75, 3.05) is 33.3 Å². The van der Waals surface area contributed by atoms with Crippen LogP contribution in [0.3, 0.4) is 0 Å². The van der Waals surface area contributed by atoms with Gasteiger partial charge in [0.25, 0.3) is 0 Å². The van der Waals surface area contributed by atoms with E-state index < -0.39 is 24.0 Å². The molecule has 1 aromatic rings. The largest absolute Gasteiger partial charge is 0.465 e. The summed E-state index contributed by atoms with van der Waals surface area (Å²) < 4.78 is 34.3. The molecule has 0 atom stereocenters. The molecule has 0 N–H and O–H groups in total. The fraction of sp³-hybridized carbons (Fsp3) is 0.263. The number of carbonyl (C=O) groups is 2. The third-order valence-electron chi connectivity index (χ3n) is 3.83. The molecular weight excluding hydrogens is 357 g/mol. The van der Waals surface area contributed by atoms with E-state index >= 15 is 0 Å². The van der Waals surface area contributed by atoms with Crippen molar-refractivity contribution in [3.63, 3.8) is 0 Å². The van der Waals surface area contributed by atoms with Gasteiger partial charge in [-0.05, 0) is 30.4 Å². The summed E-state index contributed by atoms with van der Waals surface area (Å²) in [6.07, 6.45) is 5.22. The Bertz CT molecular complexity index is 810. The number of hydrogen-bond donors (Lipinski definition) is 0. The first-order valence-electron chi connectivity index (χ1n) is 7.88. The minimum atomic E-state index is -0.873. The summed E-state index contributed by atoms with van der Waals surface area (Å²) in [5, 5.41) is 0. The Kier molecular flexibility index (Phi) is 6.86. The van der Waals surface area contributed by atoms with E-state index in [1.165, 1.54) is 57.7 Å². The molecule has 8 heteroatoms. The van der Waals surface area contributed by atoms with Crippen molar-refractivity contribution in [2.45, 2.75) is 6.29 Å². The number of anilines is 1. The van der Waals surface area contributed by atoms with Crippen LogP contribution in [-0.2, 0) is 28.5 Å². The van der Waals surface area contributed by atoms with E-state index in [9.17, 15) is 14.0 Å². The van der Waals surface area contributed by atoms with E-state index in [0.29, 0.717) is 5.69 Å². The minimum absolute atomic E-state index is 0.0227. The quantitative estimate of drug-likeness (QED) is 0.557. The third-order valence-corrected chi connectivity index (χ3v) is 3.83. The van der Waals surface area contributed by atoms with Crippen molar-refractivity contribution < 1.29 is 32.9 Å². The fourth-order valence-electron chi connectivity index (χ4n) is 2.57. The van der Waals surface area contributed by atoms with Crippen molar-refractivity contribution in [1.82, 2.24) is 0 Å². The van der Waals surface area contributed by atoms with Gasteiger partial charge >= 0.3 is 11.9 Å². The van der Waals surface area contributed by atoms with Crippen LogP contribution < -0.4 is 4.90 Å². The number of methoxy groups -OCH3 is 4. The fourth-order valence-corrected chi connectivity index (χ4v) is 2.57. The number of halogens is 1. The summed E-state index contributed by atoms with van der Waals surface area (Å²) in [6.45, 7) is 0. The number of carbonyl (C=O) groups excluding carboxylic acids is 2. The van der Waals surface area contributed by atoms with Crippen LogP contribution in [0.4, 0.5) is 10.1 Å². The SMILES string of the molecule is COC(=O)C1=C(C(=O)OC)N(c2ccc(C(OC)OC)c(F)c2)C=CC=C1. The van der Waals surface area contributed by atoms with E-state index in [1.807, 2.05) is 0 Å². The average Bonchev–Trinajstić information content (AvgIpc) is 2.91. The van der Waals surface area contributed by atoms with Crippen LogP contribution in [0.5, 0.6) is 0 Å². The zero-order valence-electron chi connectivity index (χ0n) is 15.4. The second-order valence-corrected chi connectivity index (χ2v) is 5.33. The van der Waals surface area contributed by atoms with Gasteiger partial charge < -0.3 is 23.8 Å². The first kappa shape index (κ1) is 20.3. The molecule has 0 aliphatic carbocycles. The summed E-state index contributed by atoms with van der Waals surface area (Å²) in [6, 6.07) is 4.24. The maximum Gasteiger partial charge on any atom is 0.355 e. The van der Waals surface area contributed by atoms with Gasteiger partial charge in [0.05, 0.1) is 19.8 Å². The Labute approximate surface area is 156 Å². The highest BCUT2D eigenvalue weighted by molar-refractivity contribution is 6.05. The van der Waals surface area contributed by atoms with Gasteiger partial charge in [-0.2, -0.15) is 0 Å². The molecular formula is C19H20FNO6. The molecule has 1 aliphatic heterocycles. The molecule has 0 saturated carbocycles. The number of ether oxygens (including phenoxy) is 4. The maximum absolute atomic E-state index is 14.6. The predicted octanol–water partition coefficient (Wildman–Crippen LogP) is 2.61. The van der Waals surface area contributed by atoms with E-state index in [2.05, 4.69) is 0 Å². The van der Waals surface area contributed by atoms with Gasteiger partial charge in [-0.1, -0.05) is 6.08 Å². The highest BCUT2D eigenvalue weighted by Crippen LogP contribution is 2.30. The maximum atomic E-state index is 14.6. The number of esters is 2. The van der Waals surface area contributed by atoms with Crippen LogP contribution >= 0.6 is 0 Å². The van der Waals surface area contributed by atoms with Gasteiger partial charge in [0.15, 0.2) is 6.29 Å². The molecule has 1 aromatic carbocycles. The lowest BCUT2D eigenvalue weighted by Crippen LogP contribution is -2.27. The van der Waals surface area contributed by atoms with Gasteiger partial charge in [-0.3, -0.25) is 0 Å². The Morgan fingerprint density at radius 2 is 1.67 bits per heavy atom. The zero-order valence-corrected chi connectivity index (χ0v) is 15.4. The van der Waals surface area contributed by atoms with Crippen LogP contribution in [0, 0.1) is 5.82 Å². The van der Waals surface area contributed by atoms with Gasteiger partial charge in [-0.25, -0.2) is 14.0 Å². The third kappa shape index (κ3) is 4.24. The highest BCUT2D eigenvalue weighted by Gasteiger charge is 2.28. The molecule has 144 valence electrons. The van der Waals surface area contributed by atoms with E-state index in [0.717, 1.165) is 0 Å². The smallest absolute Gasteiger partial charge is 0.355 e. The molecule has 7 nitrogen and oxygen atoms in total. The summed E-state index contributed by atoms with van der Waals surface area (Å²) in [5.74, 6) is -2.10. The molecule has 0 radical (unpaired) electrons. The van der Waals surface area contributed by atoms with Crippen LogP contribution in [0.2, 0.25) is 0 Å². The standard InChI is InChI=1S/C19H20FNO6/c1-24-17(22)14-7-5-6-10-21(16(14)18(23)25-2)12-8-9-13(15(20)11-12)19(26-3)27-4/h5-11,19H,1-4H3. The van der Waals surface area contributed by atoms with Crippen LogP contribution in [-0.4, -0.2) is 40.4 Å². The normalized spacial score (nSPS) is 13.8. The number of allylic oxidation sites excluding steroid dienone is 2. The predicted molar refractivity (Wildman–Crippen MR) is 95.0 cm³/mol. The molecule has 27 heavy (non-hydrogen) atoms. The van der Waals surface area contributed by atoms with Gasteiger partial charge in [0.2, 0.25) is 0 Å². The monoisotopic (exact) mass is 377 g/mol. The lowest BCUT2D eigenvalue weighted by atomic mass is 10.1. The molecule has 1 heterocycles.